The summed E-state index contributed by atoms with van der Waals surface area (Å²) < 4.78 is 38.5. The molecule has 2 aliphatic rings. The van der Waals surface area contributed by atoms with Gasteiger partial charge in [0.2, 0.25) is 11.7 Å². The summed E-state index contributed by atoms with van der Waals surface area (Å²) in [5.41, 5.74) is 0.589. The van der Waals surface area contributed by atoms with Gasteiger partial charge < -0.3 is 38.1 Å². The van der Waals surface area contributed by atoms with Gasteiger partial charge in [0.05, 0.1) is 41.5 Å². The first-order valence-corrected chi connectivity index (χ1v) is 15.0. The van der Waals surface area contributed by atoms with Gasteiger partial charge in [-0.1, -0.05) is 6.42 Å². The molecule has 0 N–H and O–H groups in total. The molecule has 240 valence electrons. The molecule has 4 rings (SSSR count). The molecule has 3 atom stereocenters. The second-order valence-corrected chi connectivity index (χ2v) is 10.8. The van der Waals surface area contributed by atoms with E-state index >= 15 is 0 Å². The molecule has 1 heterocycles. The minimum Gasteiger partial charge on any atom is -0.493 e. The van der Waals surface area contributed by atoms with Gasteiger partial charge in [-0.2, -0.15) is 0 Å². The standard InChI is InChI=1S/C33H43NO10/c1-38-26-14-13-22(20-27(26)39-2)43-16-17-44-33(37)24-11-8-9-15-34(24)32(36)30(23-10-6-7-12-25(23)35)21-18-28(40-3)31(42-5)29(19-21)41-4/h13-14,18-20,23-24,30H,6-12,15-17H2,1-5H3/t23-,24?,30+/m0/s1. The van der Waals surface area contributed by atoms with E-state index in [4.69, 9.17) is 33.2 Å². The van der Waals surface area contributed by atoms with Gasteiger partial charge >= 0.3 is 5.97 Å². The van der Waals surface area contributed by atoms with E-state index in [2.05, 4.69) is 0 Å². The first-order chi connectivity index (χ1) is 21.4. The van der Waals surface area contributed by atoms with Crippen molar-refractivity contribution >= 4 is 17.7 Å². The quantitative estimate of drug-likeness (QED) is 0.235. The van der Waals surface area contributed by atoms with E-state index in [0.29, 0.717) is 65.9 Å². The molecule has 2 aromatic rings. The first kappa shape index (κ1) is 32.8. The number of likely N-dealkylation sites (tertiary alicyclic amines) is 1. The van der Waals surface area contributed by atoms with E-state index in [1.54, 1.807) is 42.3 Å². The number of piperidine rings is 1. The summed E-state index contributed by atoms with van der Waals surface area (Å²) >= 11 is 0. The topological polar surface area (TPSA) is 119 Å². The van der Waals surface area contributed by atoms with Crippen LogP contribution >= 0.6 is 0 Å². The number of ketones is 1. The molecule has 1 unspecified atom stereocenters. The maximum Gasteiger partial charge on any atom is 0.328 e. The second-order valence-electron chi connectivity index (χ2n) is 10.8. The van der Waals surface area contributed by atoms with Crippen LogP contribution < -0.4 is 28.4 Å². The van der Waals surface area contributed by atoms with Crippen LogP contribution in [0.15, 0.2) is 30.3 Å². The Bertz CT molecular complexity index is 1290. The highest BCUT2D eigenvalue weighted by molar-refractivity contribution is 5.95. The fourth-order valence-electron chi connectivity index (χ4n) is 6.11. The number of benzene rings is 2. The highest BCUT2D eigenvalue weighted by atomic mass is 16.6. The average Bonchev–Trinajstić information content (AvgIpc) is 3.06. The molecule has 44 heavy (non-hydrogen) atoms. The number of nitrogens with zero attached hydrogens (tertiary/aromatic N) is 1. The average molecular weight is 614 g/mol. The molecular weight excluding hydrogens is 570 g/mol. The van der Waals surface area contributed by atoms with Crippen molar-refractivity contribution in [2.24, 2.45) is 5.92 Å². The van der Waals surface area contributed by atoms with E-state index in [0.717, 1.165) is 25.7 Å². The summed E-state index contributed by atoms with van der Waals surface area (Å²) in [7, 11) is 7.62. The number of carbonyl (C=O) groups excluding carboxylic acids is 3. The Labute approximate surface area is 258 Å². The number of hydrogen-bond donors (Lipinski definition) is 0. The number of hydrogen-bond acceptors (Lipinski definition) is 10. The van der Waals surface area contributed by atoms with Crippen LogP contribution in [-0.2, 0) is 19.1 Å². The van der Waals surface area contributed by atoms with Crippen molar-refractivity contribution in [1.82, 2.24) is 4.90 Å². The number of amides is 1. The summed E-state index contributed by atoms with van der Waals surface area (Å²) in [6.45, 7) is 0.512. The molecule has 1 aliphatic heterocycles. The van der Waals surface area contributed by atoms with Gasteiger partial charge in [0.1, 0.15) is 30.8 Å². The fourth-order valence-corrected chi connectivity index (χ4v) is 6.11. The van der Waals surface area contributed by atoms with Crippen molar-refractivity contribution in [2.45, 2.75) is 56.9 Å². The second kappa shape index (κ2) is 15.5. The first-order valence-electron chi connectivity index (χ1n) is 15.0. The van der Waals surface area contributed by atoms with Crippen LogP contribution in [0.25, 0.3) is 0 Å². The Morgan fingerprint density at radius 3 is 2.11 bits per heavy atom. The molecule has 0 spiro atoms. The third-order valence-corrected chi connectivity index (χ3v) is 8.33. The molecule has 1 aliphatic carbocycles. The third-order valence-electron chi connectivity index (χ3n) is 8.33. The van der Waals surface area contributed by atoms with Gasteiger partial charge in [-0.05, 0) is 61.9 Å². The molecule has 11 nitrogen and oxygen atoms in total. The maximum atomic E-state index is 14.4. The smallest absolute Gasteiger partial charge is 0.328 e. The zero-order chi connectivity index (χ0) is 31.6. The third kappa shape index (κ3) is 7.31. The van der Waals surface area contributed by atoms with Gasteiger partial charge in [0.15, 0.2) is 23.0 Å². The van der Waals surface area contributed by atoms with Crippen molar-refractivity contribution in [1.29, 1.82) is 0 Å². The summed E-state index contributed by atoms with van der Waals surface area (Å²) in [6, 6.07) is 7.86. The minimum absolute atomic E-state index is 0.00310. The highest BCUT2D eigenvalue weighted by Gasteiger charge is 2.43. The lowest BCUT2D eigenvalue weighted by molar-refractivity contribution is -0.159. The molecule has 1 saturated heterocycles. The summed E-state index contributed by atoms with van der Waals surface area (Å²) in [6.07, 6.45) is 4.65. The van der Waals surface area contributed by atoms with Crippen molar-refractivity contribution in [3.05, 3.63) is 35.9 Å². The van der Waals surface area contributed by atoms with E-state index < -0.39 is 23.8 Å². The predicted octanol–water partition coefficient (Wildman–Crippen LogP) is 4.58. The van der Waals surface area contributed by atoms with Gasteiger partial charge in [-0.25, -0.2) is 4.79 Å². The molecule has 0 bridgehead atoms. The van der Waals surface area contributed by atoms with Gasteiger partial charge in [-0.3, -0.25) is 9.59 Å². The Kier molecular flexibility index (Phi) is 11.6. The summed E-state index contributed by atoms with van der Waals surface area (Å²) in [4.78, 5) is 42.6. The number of esters is 1. The monoisotopic (exact) mass is 613 g/mol. The van der Waals surface area contributed by atoms with Gasteiger partial charge in [-0.15, -0.1) is 0 Å². The van der Waals surface area contributed by atoms with Crippen molar-refractivity contribution < 1.29 is 47.5 Å². The molecule has 2 aromatic carbocycles. The van der Waals surface area contributed by atoms with Crippen LogP contribution in [0.4, 0.5) is 0 Å². The van der Waals surface area contributed by atoms with Gasteiger partial charge in [0.25, 0.3) is 0 Å². The fraction of sp³-hybridized carbons (Fsp3) is 0.545. The van der Waals surface area contributed by atoms with Crippen molar-refractivity contribution in [3.63, 3.8) is 0 Å². The van der Waals surface area contributed by atoms with Crippen LogP contribution in [0, 0.1) is 5.92 Å². The summed E-state index contributed by atoms with van der Waals surface area (Å²) in [5.74, 6) is 0.782. The SMILES string of the molecule is COc1ccc(OCCOC(=O)C2CCCCN2C(=O)[C@H](c2cc(OC)c(OC)c(OC)c2)[C@H]2CCCCC2=O)cc1OC. The number of Topliss-reactive ketones (excluding diaryl/α,β-unsaturated/α-hetero) is 1. The molecule has 1 saturated carbocycles. The zero-order valence-electron chi connectivity index (χ0n) is 26.2. The Balaban J connectivity index is 1.53. The molecule has 2 fully saturated rings. The highest BCUT2D eigenvalue weighted by Crippen LogP contribution is 2.44. The number of methoxy groups -OCH3 is 5. The summed E-state index contributed by atoms with van der Waals surface area (Å²) in [5, 5.41) is 0. The molecule has 1 amide bonds. The number of carbonyl (C=O) groups is 3. The number of ether oxygens (including phenoxy) is 7. The van der Waals surface area contributed by atoms with Crippen molar-refractivity contribution in [3.8, 4) is 34.5 Å². The predicted molar refractivity (Wildman–Crippen MR) is 161 cm³/mol. The lowest BCUT2D eigenvalue weighted by Crippen LogP contribution is -2.52. The lowest BCUT2D eigenvalue weighted by atomic mass is 9.74. The Hall–Kier alpha value is -4.15. The number of rotatable bonds is 13. The Morgan fingerprint density at radius 2 is 1.48 bits per heavy atom. The van der Waals surface area contributed by atoms with Crippen LogP contribution in [0.1, 0.15) is 56.4 Å². The zero-order valence-corrected chi connectivity index (χ0v) is 26.2. The minimum atomic E-state index is -0.807. The van der Waals surface area contributed by atoms with Crippen molar-refractivity contribution in [2.75, 3.05) is 55.3 Å². The normalized spacial score (nSPS) is 19.0. The van der Waals surface area contributed by atoms with E-state index in [1.807, 2.05) is 0 Å². The molecule has 0 radical (unpaired) electrons. The Morgan fingerprint density at radius 1 is 0.795 bits per heavy atom. The van der Waals surface area contributed by atoms with Crippen LogP contribution in [0.5, 0.6) is 34.5 Å². The van der Waals surface area contributed by atoms with E-state index in [1.165, 1.54) is 28.4 Å². The molecular formula is C33H43NO10. The van der Waals surface area contributed by atoms with Gasteiger partial charge in [0, 0.05) is 24.9 Å². The molecule has 11 heteroatoms. The van der Waals surface area contributed by atoms with Crippen LogP contribution in [-0.4, -0.2) is 83.9 Å². The lowest BCUT2D eigenvalue weighted by Gasteiger charge is -2.39. The molecule has 0 aromatic heterocycles. The largest absolute Gasteiger partial charge is 0.493 e. The van der Waals surface area contributed by atoms with E-state index in [-0.39, 0.29) is 24.9 Å². The van der Waals surface area contributed by atoms with Crippen LogP contribution in [0.3, 0.4) is 0 Å². The van der Waals surface area contributed by atoms with Crippen LogP contribution in [0.2, 0.25) is 0 Å². The van der Waals surface area contributed by atoms with E-state index in [9.17, 15) is 14.4 Å². The maximum absolute atomic E-state index is 14.4.